The van der Waals surface area contributed by atoms with Crippen LogP contribution < -0.4 is 0 Å². The molecule has 0 fully saturated rings. The summed E-state index contributed by atoms with van der Waals surface area (Å²) >= 11 is 0. The Kier molecular flexibility index (Phi) is 8.79. The van der Waals surface area contributed by atoms with E-state index < -0.39 is 0 Å². The summed E-state index contributed by atoms with van der Waals surface area (Å²) < 4.78 is 11.9. The molecule has 0 radical (unpaired) electrons. The summed E-state index contributed by atoms with van der Waals surface area (Å²) in [5.41, 5.74) is 15.4. The number of rotatable bonds is 7. The molecule has 0 N–H and O–H groups in total. The smallest absolute Gasteiger partial charge is 0.167 e. The zero-order chi connectivity index (χ0) is 45.4. The summed E-state index contributed by atoms with van der Waals surface area (Å²) in [5.74, 6) is 1.73. The number of benzene rings is 10. The molecule has 0 saturated carbocycles. The van der Waals surface area contributed by atoms with Crippen LogP contribution >= 0.6 is 0 Å². The fourth-order valence-electron chi connectivity index (χ4n) is 10.6. The molecule has 69 heavy (non-hydrogen) atoms. The van der Waals surface area contributed by atoms with E-state index >= 15 is 0 Å². The average Bonchev–Trinajstić information content (AvgIpc) is 4.10. The molecule has 14 rings (SSSR count). The number of hydrogen-bond acceptors (Lipinski definition) is 4. The first kappa shape index (κ1) is 38.8. The van der Waals surface area contributed by atoms with Gasteiger partial charge in [0, 0.05) is 54.7 Å². The van der Waals surface area contributed by atoms with Crippen molar-refractivity contribution in [1.29, 1.82) is 0 Å². The normalized spacial score (nSPS) is 11.8. The lowest BCUT2D eigenvalue weighted by molar-refractivity contribution is 0.669. The van der Waals surface area contributed by atoms with Crippen molar-refractivity contribution in [2.24, 2.45) is 0 Å². The Morgan fingerprint density at radius 3 is 1.57 bits per heavy atom. The van der Waals surface area contributed by atoms with Gasteiger partial charge in [0.25, 0.3) is 0 Å². The van der Waals surface area contributed by atoms with Crippen LogP contribution in [-0.2, 0) is 0 Å². The van der Waals surface area contributed by atoms with Crippen molar-refractivity contribution in [2.45, 2.75) is 0 Å². The number of para-hydroxylation sites is 5. The molecule has 6 heteroatoms. The van der Waals surface area contributed by atoms with Crippen molar-refractivity contribution in [3.63, 3.8) is 0 Å². The second-order valence-corrected chi connectivity index (χ2v) is 17.5. The molecule has 0 aliphatic heterocycles. The molecule has 322 valence electrons. The van der Waals surface area contributed by atoms with Crippen LogP contribution in [0, 0.1) is 0 Å². The number of nitrogens with zero attached hydrogens (tertiary/aromatic N) is 5. The maximum Gasteiger partial charge on any atom is 0.167 e. The lowest BCUT2D eigenvalue weighted by Gasteiger charge is -2.14. The highest BCUT2D eigenvalue weighted by molar-refractivity contribution is 6.22. The monoisotopic (exact) mass is 881 g/mol. The zero-order valence-corrected chi connectivity index (χ0v) is 37.2. The van der Waals surface area contributed by atoms with Crippen LogP contribution in [0.1, 0.15) is 0 Å². The lowest BCUT2D eigenvalue weighted by Crippen LogP contribution is -2.00. The third-order valence-corrected chi connectivity index (χ3v) is 13.6. The van der Waals surface area contributed by atoms with Crippen LogP contribution in [0.3, 0.4) is 0 Å². The van der Waals surface area contributed by atoms with Gasteiger partial charge in [-0.25, -0.2) is 15.0 Å². The van der Waals surface area contributed by atoms with Crippen LogP contribution in [0.25, 0.3) is 133 Å². The predicted molar refractivity (Wildman–Crippen MR) is 283 cm³/mol. The van der Waals surface area contributed by atoms with Gasteiger partial charge in [-0.1, -0.05) is 188 Å². The number of furan rings is 1. The molecule has 0 amide bonds. The molecule has 0 aliphatic rings. The summed E-state index contributed by atoms with van der Waals surface area (Å²) in [4.78, 5) is 15.4. The predicted octanol–water partition coefficient (Wildman–Crippen LogP) is 16.3. The summed E-state index contributed by atoms with van der Waals surface area (Å²) in [6.45, 7) is 0. The van der Waals surface area contributed by atoms with E-state index in [0.717, 1.165) is 88.8 Å². The Morgan fingerprint density at radius 1 is 0.304 bits per heavy atom. The maximum atomic E-state index is 6.98. The Morgan fingerprint density at radius 2 is 0.812 bits per heavy atom. The van der Waals surface area contributed by atoms with Crippen LogP contribution in [0.15, 0.2) is 241 Å². The van der Waals surface area contributed by atoms with Gasteiger partial charge >= 0.3 is 0 Å². The zero-order valence-electron chi connectivity index (χ0n) is 37.2. The molecule has 0 saturated heterocycles. The van der Waals surface area contributed by atoms with Crippen molar-refractivity contribution in [3.05, 3.63) is 237 Å². The highest BCUT2D eigenvalue weighted by Crippen LogP contribution is 2.46. The first-order chi connectivity index (χ1) is 34.2. The molecule has 0 aliphatic carbocycles. The van der Waals surface area contributed by atoms with Gasteiger partial charge in [0.1, 0.15) is 11.2 Å². The van der Waals surface area contributed by atoms with E-state index in [1.54, 1.807) is 0 Å². The molecule has 0 bridgehead atoms. The molecule has 0 atom stereocenters. The van der Waals surface area contributed by atoms with Gasteiger partial charge in [-0.05, 0) is 65.2 Å². The minimum Gasteiger partial charge on any atom is -0.455 e. The van der Waals surface area contributed by atoms with Gasteiger partial charge < -0.3 is 13.6 Å². The second-order valence-electron chi connectivity index (χ2n) is 17.5. The van der Waals surface area contributed by atoms with Crippen molar-refractivity contribution in [3.8, 4) is 67.8 Å². The quantitative estimate of drug-likeness (QED) is 0.160. The van der Waals surface area contributed by atoms with E-state index in [-0.39, 0.29) is 0 Å². The Bertz CT molecular complexity index is 4280. The standard InChI is InChI=1S/C63H39N5O/c1-4-18-40(19-5-1)41-36-38-43(39-37-41)62-64-61(42-20-6-2-7-21-42)65-63(66-62)51-30-15-29-50-57-46(26-16-35-56(57)69-60(50)51)48-28-14-27-47-45-24-10-12-31-52(45)68(59(47)48)55-34-17-33-54-58(55)49-25-11-13-32-53(49)67(54)44-22-8-3-9-23-44/h1-39H. The van der Waals surface area contributed by atoms with Gasteiger partial charge in [0.05, 0.1) is 33.3 Å². The maximum absolute atomic E-state index is 6.98. The molecule has 6 nitrogen and oxygen atoms in total. The second kappa shape index (κ2) is 15.6. The SMILES string of the molecule is c1ccc(-c2ccc(-c3nc(-c4ccccc4)nc(-c4cccc5c4oc4cccc(-c6cccc7c8ccccc8n(-c8cccc9c8c8ccccc8n9-c8ccccc8)c67)c45)n3)cc2)cc1. The minimum atomic E-state index is 0.544. The summed E-state index contributed by atoms with van der Waals surface area (Å²) in [6, 6.07) is 83.3. The molecule has 0 unspecified atom stereocenters. The van der Waals surface area contributed by atoms with Gasteiger partial charge in [-0.15, -0.1) is 0 Å². The first-order valence-electron chi connectivity index (χ1n) is 23.3. The lowest BCUT2D eigenvalue weighted by atomic mass is 9.96. The fraction of sp³-hybridized carbons (Fsp3) is 0. The number of fused-ring (bicyclic) bond motifs is 9. The molecule has 4 heterocycles. The van der Waals surface area contributed by atoms with Gasteiger partial charge in [-0.3, -0.25) is 0 Å². The number of aromatic nitrogens is 5. The molecular formula is C63H39N5O. The average molecular weight is 882 g/mol. The first-order valence-corrected chi connectivity index (χ1v) is 23.3. The van der Waals surface area contributed by atoms with Crippen molar-refractivity contribution in [2.75, 3.05) is 0 Å². The topological polar surface area (TPSA) is 61.7 Å². The number of hydrogen-bond donors (Lipinski definition) is 0. The van der Waals surface area contributed by atoms with E-state index in [1.807, 2.05) is 36.4 Å². The molecule has 0 spiro atoms. The van der Waals surface area contributed by atoms with E-state index in [0.29, 0.717) is 17.5 Å². The highest BCUT2D eigenvalue weighted by atomic mass is 16.3. The third kappa shape index (κ3) is 6.16. The van der Waals surface area contributed by atoms with Gasteiger partial charge in [-0.2, -0.15) is 0 Å². The van der Waals surface area contributed by atoms with Gasteiger partial charge in [0.2, 0.25) is 0 Å². The van der Waals surface area contributed by atoms with E-state index in [1.165, 1.54) is 27.1 Å². The van der Waals surface area contributed by atoms with Crippen LogP contribution in [0.4, 0.5) is 0 Å². The Balaban J connectivity index is 0.989. The summed E-state index contributed by atoms with van der Waals surface area (Å²) in [6.07, 6.45) is 0. The molecule has 10 aromatic carbocycles. The Labute approximate surface area is 396 Å². The van der Waals surface area contributed by atoms with Crippen LogP contribution in [0.5, 0.6) is 0 Å². The van der Waals surface area contributed by atoms with Crippen LogP contribution in [0.2, 0.25) is 0 Å². The van der Waals surface area contributed by atoms with E-state index in [2.05, 4.69) is 209 Å². The van der Waals surface area contributed by atoms with Gasteiger partial charge in [0.15, 0.2) is 17.5 Å². The molecular weight excluding hydrogens is 843 g/mol. The van der Waals surface area contributed by atoms with Crippen molar-refractivity contribution < 1.29 is 4.42 Å². The van der Waals surface area contributed by atoms with E-state index in [4.69, 9.17) is 19.4 Å². The third-order valence-electron chi connectivity index (χ3n) is 13.6. The molecule has 4 aromatic heterocycles. The minimum absolute atomic E-state index is 0.544. The van der Waals surface area contributed by atoms with Crippen molar-refractivity contribution >= 4 is 65.6 Å². The van der Waals surface area contributed by atoms with Crippen molar-refractivity contribution in [1.82, 2.24) is 24.1 Å². The molecule has 14 aromatic rings. The summed E-state index contributed by atoms with van der Waals surface area (Å²) in [5, 5.41) is 6.80. The Hall–Kier alpha value is -9.39. The highest BCUT2D eigenvalue weighted by Gasteiger charge is 2.24. The van der Waals surface area contributed by atoms with Crippen LogP contribution in [-0.4, -0.2) is 24.1 Å². The largest absolute Gasteiger partial charge is 0.455 e. The fourth-order valence-corrected chi connectivity index (χ4v) is 10.6. The summed E-state index contributed by atoms with van der Waals surface area (Å²) in [7, 11) is 0. The van der Waals surface area contributed by atoms with E-state index in [9.17, 15) is 0 Å².